The predicted molar refractivity (Wildman–Crippen MR) is 63.6 cm³/mol. The van der Waals surface area contributed by atoms with Crippen molar-refractivity contribution in [3.63, 3.8) is 0 Å². The van der Waals surface area contributed by atoms with Crippen LogP contribution in [0.4, 0.5) is 0 Å². The van der Waals surface area contributed by atoms with E-state index in [-0.39, 0.29) is 12.5 Å². The molecule has 0 bridgehead atoms. The number of methoxy groups -OCH3 is 1. The van der Waals surface area contributed by atoms with Gasteiger partial charge in [0.1, 0.15) is 5.76 Å². The molecule has 2 N–H and O–H groups in total. The molecule has 0 aliphatic carbocycles. The van der Waals surface area contributed by atoms with Gasteiger partial charge in [-0.25, -0.2) is 4.79 Å². The highest BCUT2D eigenvalue weighted by Gasteiger charge is 2.23. The Bertz CT molecular complexity index is 424. The fourth-order valence-corrected chi connectivity index (χ4v) is 1.53. The van der Waals surface area contributed by atoms with E-state index in [9.17, 15) is 9.59 Å². The third-order valence-electron chi connectivity index (χ3n) is 2.40. The van der Waals surface area contributed by atoms with Gasteiger partial charge in [0.2, 0.25) is 0 Å². The van der Waals surface area contributed by atoms with Gasteiger partial charge < -0.3 is 19.6 Å². The molecule has 0 saturated carbocycles. The number of carboxylic acid groups (broad SMARTS) is 1. The topological polar surface area (TPSA) is 88.8 Å². The maximum absolute atomic E-state index is 11.9. The molecule has 0 aromatic carbocycles. The highest BCUT2D eigenvalue weighted by molar-refractivity contribution is 5.97. The molecule has 1 rings (SSSR count). The van der Waals surface area contributed by atoms with Gasteiger partial charge in [0.25, 0.3) is 5.91 Å². The minimum Gasteiger partial charge on any atom is -0.480 e. The molecule has 6 heteroatoms. The molecule has 1 aromatic heterocycles. The molecule has 1 unspecified atom stereocenters. The largest absolute Gasteiger partial charge is 0.480 e. The monoisotopic (exact) mass is 255 g/mol. The molecule has 0 saturated heterocycles. The first-order chi connectivity index (χ1) is 8.47. The molecule has 6 nitrogen and oxygen atoms in total. The molecule has 1 aromatic rings. The summed E-state index contributed by atoms with van der Waals surface area (Å²) in [7, 11) is 1.37. The number of ether oxygens (including phenoxy) is 1. The zero-order valence-corrected chi connectivity index (χ0v) is 10.6. The number of aliphatic carboxylic acids is 1. The van der Waals surface area contributed by atoms with E-state index in [4.69, 9.17) is 14.3 Å². The highest BCUT2D eigenvalue weighted by atomic mass is 16.5. The van der Waals surface area contributed by atoms with E-state index in [2.05, 4.69) is 5.32 Å². The maximum Gasteiger partial charge on any atom is 0.328 e. The molecule has 0 radical (unpaired) electrons. The van der Waals surface area contributed by atoms with Crippen LogP contribution in [0.5, 0.6) is 0 Å². The Balaban J connectivity index is 2.80. The van der Waals surface area contributed by atoms with Gasteiger partial charge in [-0.3, -0.25) is 4.79 Å². The van der Waals surface area contributed by atoms with Gasteiger partial charge in [0, 0.05) is 13.0 Å². The summed E-state index contributed by atoms with van der Waals surface area (Å²) in [5.74, 6) is -1.03. The van der Waals surface area contributed by atoms with Crippen molar-refractivity contribution in [1.29, 1.82) is 0 Å². The van der Waals surface area contributed by atoms with Gasteiger partial charge in [-0.1, -0.05) is 13.8 Å². The second kappa shape index (κ2) is 6.20. The summed E-state index contributed by atoms with van der Waals surface area (Å²) in [6.07, 6.45) is 1.41. The molecular formula is C12H17NO5. The van der Waals surface area contributed by atoms with Crippen LogP contribution in [-0.2, 0) is 9.53 Å². The number of hydrogen-bond donors (Lipinski definition) is 2. The summed E-state index contributed by atoms with van der Waals surface area (Å²) in [4.78, 5) is 22.8. The third kappa shape index (κ3) is 3.33. The van der Waals surface area contributed by atoms with Crippen molar-refractivity contribution >= 4 is 11.9 Å². The van der Waals surface area contributed by atoms with Gasteiger partial charge in [-0.15, -0.1) is 0 Å². The maximum atomic E-state index is 11.9. The Morgan fingerprint density at radius 3 is 2.67 bits per heavy atom. The lowest BCUT2D eigenvalue weighted by atomic mass is 10.1. The van der Waals surface area contributed by atoms with Gasteiger partial charge in [-0.05, 0) is 6.07 Å². The Kier molecular flexibility index (Phi) is 4.91. The molecule has 1 amide bonds. The quantitative estimate of drug-likeness (QED) is 0.798. The van der Waals surface area contributed by atoms with E-state index >= 15 is 0 Å². The summed E-state index contributed by atoms with van der Waals surface area (Å²) in [5, 5.41) is 11.3. The zero-order valence-electron chi connectivity index (χ0n) is 10.6. The fourth-order valence-electron chi connectivity index (χ4n) is 1.53. The van der Waals surface area contributed by atoms with Crippen LogP contribution >= 0.6 is 0 Å². The molecule has 1 atom stereocenters. The first-order valence-electron chi connectivity index (χ1n) is 5.57. The van der Waals surface area contributed by atoms with Crippen LogP contribution < -0.4 is 5.32 Å². The minimum atomic E-state index is -1.14. The lowest BCUT2D eigenvalue weighted by molar-refractivity contribution is -0.140. The van der Waals surface area contributed by atoms with Crippen molar-refractivity contribution in [1.82, 2.24) is 5.32 Å². The van der Waals surface area contributed by atoms with Crippen LogP contribution in [0.3, 0.4) is 0 Å². The fraction of sp³-hybridized carbons (Fsp3) is 0.500. The minimum absolute atomic E-state index is 0.0476. The van der Waals surface area contributed by atoms with Gasteiger partial charge in [-0.2, -0.15) is 0 Å². The number of carboxylic acids is 1. The van der Waals surface area contributed by atoms with Crippen LogP contribution in [0, 0.1) is 0 Å². The smallest absolute Gasteiger partial charge is 0.328 e. The summed E-state index contributed by atoms with van der Waals surface area (Å²) >= 11 is 0. The predicted octanol–water partition coefficient (Wildman–Crippen LogP) is 1.23. The first kappa shape index (κ1) is 14.2. The normalized spacial score (nSPS) is 12.4. The van der Waals surface area contributed by atoms with Crippen molar-refractivity contribution in [2.45, 2.75) is 25.8 Å². The second-order valence-electron chi connectivity index (χ2n) is 4.17. The van der Waals surface area contributed by atoms with E-state index < -0.39 is 17.9 Å². The molecule has 0 aliphatic heterocycles. The number of carbonyl (C=O) groups excluding carboxylic acids is 1. The summed E-state index contributed by atoms with van der Waals surface area (Å²) in [5.41, 5.74) is 0.354. The molecule has 1 heterocycles. The van der Waals surface area contributed by atoms with E-state index in [0.29, 0.717) is 11.3 Å². The number of amides is 1. The first-order valence-corrected chi connectivity index (χ1v) is 5.57. The molecule has 18 heavy (non-hydrogen) atoms. The number of carbonyl (C=O) groups is 2. The average Bonchev–Trinajstić information content (AvgIpc) is 2.77. The van der Waals surface area contributed by atoms with Gasteiger partial charge in [0.05, 0.1) is 18.4 Å². The lowest BCUT2D eigenvalue weighted by Gasteiger charge is -2.13. The zero-order chi connectivity index (χ0) is 13.7. The van der Waals surface area contributed by atoms with E-state index in [1.54, 1.807) is 0 Å². The Morgan fingerprint density at radius 1 is 1.50 bits per heavy atom. The van der Waals surface area contributed by atoms with Crippen LogP contribution in [0.25, 0.3) is 0 Å². The molecule has 0 aliphatic rings. The summed E-state index contributed by atoms with van der Waals surface area (Å²) in [6.45, 7) is 3.69. The Hall–Kier alpha value is -1.82. The van der Waals surface area contributed by atoms with E-state index in [1.165, 1.54) is 19.4 Å². The summed E-state index contributed by atoms with van der Waals surface area (Å²) in [6, 6.07) is 0.452. The molecule has 100 valence electrons. The number of hydrogen-bond acceptors (Lipinski definition) is 4. The third-order valence-corrected chi connectivity index (χ3v) is 2.40. The van der Waals surface area contributed by atoms with Crippen molar-refractivity contribution in [3.05, 3.63) is 23.7 Å². The summed E-state index contributed by atoms with van der Waals surface area (Å²) < 4.78 is 9.95. The van der Waals surface area contributed by atoms with Gasteiger partial charge >= 0.3 is 5.97 Å². The van der Waals surface area contributed by atoms with Crippen LogP contribution in [-0.4, -0.2) is 36.7 Å². The highest BCUT2D eigenvalue weighted by Crippen LogP contribution is 2.20. The number of furan rings is 1. The van der Waals surface area contributed by atoms with Crippen molar-refractivity contribution < 1.29 is 23.8 Å². The average molecular weight is 255 g/mol. The number of nitrogens with one attached hydrogen (secondary N) is 1. The van der Waals surface area contributed by atoms with Crippen molar-refractivity contribution in [2.24, 2.45) is 0 Å². The van der Waals surface area contributed by atoms with Crippen molar-refractivity contribution in [3.8, 4) is 0 Å². The van der Waals surface area contributed by atoms with E-state index in [1.807, 2.05) is 13.8 Å². The van der Waals surface area contributed by atoms with Crippen LogP contribution in [0.2, 0.25) is 0 Å². The van der Waals surface area contributed by atoms with E-state index in [0.717, 1.165) is 0 Å². The lowest BCUT2D eigenvalue weighted by Crippen LogP contribution is -2.43. The molecule has 0 spiro atoms. The number of rotatable bonds is 6. The second-order valence-corrected chi connectivity index (χ2v) is 4.17. The van der Waals surface area contributed by atoms with Crippen LogP contribution in [0.1, 0.15) is 35.9 Å². The molecular weight excluding hydrogens is 238 g/mol. The molecule has 0 fully saturated rings. The Labute approximate surface area is 105 Å². The SMILES string of the molecule is COCC(NC(=O)c1ccoc1C(C)C)C(=O)O. The van der Waals surface area contributed by atoms with Crippen molar-refractivity contribution in [2.75, 3.05) is 13.7 Å². The Morgan fingerprint density at radius 2 is 2.17 bits per heavy atom. The van der Waals surface area contributed by atoms with Crippen LogP contribution in [0.15, 0.2) is 16.7 Å². The van der Waals surface area contributed by atoms with Gasteiger partial charge in [0.15, 0.2) is 6.04 Å². The standard InChI is InChI=1S/C12H17NO5/c1-7(2)10-8(4-5-18-10)11(14)13-9(6-17-3)12(15)16/h4-5,7,9H,6H2,1-3H3,(H,13,14)(H,15,16).